The van der Waals surface area contributed by atoms with Crippen molar-refractivity contribution in [3.63, 3.8) is 0 Å². The lowest BCUT2D eigenvalue weighted by atomic mass is 10.1. The van der Waals surface area contributed by atoms with E-state index in [1.165, 1.54) is 0 Å². The van der Waals surface area contributed by atoms with Gasteiger partial charge in [0.15, 0.2) is 5.69 Å². The highest BCUT2D eigenvalue weighted by atomic mass is 16.5. The van der Waals surface area contributed by atoms with E-state index in [9.17, 15) is 4.79 Å². The topological polar surface area (TPSA) is 94.0 Å². The van der Waals surface area contributed by atoms with Gasteiger partial charge >= 0.3 is 0 Å². The molecule has 0 saturated carbocycles. The molecule has 0 spiro atoms. The van der Waals surface area contributed by atoms with E-state index in [1.807, 2.05) is 32.0 Å². The SMILES string of the molecule is Cc1cccc(Oc2ccc(NC(=O)c3cn([C@@H]4CNC[C@H]4C)nn3)cn2)c1C. The second kappa shape index (κ2) is 8.00. The minimum atomic E-state index is -0.320. The summed E-state index contributed by atoms with van der Waals surface area (Å²) < 4.78 is 7.61. The number of aromatic nitrogens is 4. The molecule has 0 radical (unpaired) electrons. The van der Waals surface area contributed by atoms with Gasteiger partial charge in [0.05, 0.1) is 24.1 Å². The standard InChI is InChI=1S/C21H24N6O2/c1-13-5-4-6-19(15(13)3)29-20-8-7-16(10-23-20)24-21(28)17-12-27(26-25-17)18-11-22-9-14(18)2/h4-8,10,12,14,18,22H,9,11H2,1-3H3,(H,24,28)/t14-,18-/m1/s1. The molecule has 1 saturated heterocycles. The van der Waals surface area contributed by atoms with Gasteiger partial charge in [-0.2, -0.15) is 0 Å². The first-order valence-electron chi connectivity index (χ1n) is 9.65. The van der Waals surface area contributed by atoms with Crippen LogP contribution in [0.4, 0.5) is 5.69 Å². The van der Waals surface area contributed by atoms with Gasteiger partial charge < -0.3 is 15.4 Å². The number of hydrogen-bond donors (Lipinski definition) is 2. The molecule has 3 heterocycles. The Bertz CT molecular complexity index is 1010. The molecule has 1 aliphatic rings. The Morgan fingerprint density at radius 1 is 1.24 bits per heavy atom. The zero-order chi connectivity index (χ0) is 20.4. The molecule has 3 aromatic rings. The lowest BCUT2D eigenvalue weighted by molar-refractivity contribution is 0.102. The van der Waals surface area contributed by atoms with Gasteiger partial charge in [0.2, 0.25) is 5.88 Å². The third-order valence-electron chi connectivity index (χ3n) is 5.32. The Kier molecular flexibility index (Phi) is 5.26. The van der Waals surface area contributed by atoms with Crippen molar-refractivity contribution in [2.75, 3.05) is 18.4 Å². The van der Waals surface area contributed by atoms with Crippen molar-refractivity contribution in [3.05, 3.63) is 59.5 Å². The van der Waals surface area contributed by atoms with E-state index >= 15 is 0 Å². The summed E-state index contributed by atoms with van der Waals surface area (Å²) >= 11 is 0. The molecule has 1 fully saturated rings. The van der Waals surface area contributed by atoms with Crippen LogP contribution in [0, 0.1) is 19.8 Å². The highest BCUT2D eigenvalue weighted by molar-refractivity contribution is 6.02. The smallest absolute Gasteiger partial charge is 0.277 e. The van der Waals surface area contributed by atoms with Crippen LogP contribution in [0.15, 0.2) is 42.7 Å². The fourth-order valence-corrected chi connectivity index (χ4v) is 3.35. The van der Waals surface area contributed by atoms with Crippen molar-refractivity contribution >= 4 is 11.6 Å². The van der Waals surface area contributed by atoms with Crippen molar-refractivity contribution in [2.24, 2.45) is 5.92 Å². The number of aryl methyl sites for hydroxylation is 1. The second-order valence-electron chi connectivity index (χ2n) is 7.43. The Hall–Kier alpha value is -3.26. The Labute approximate surface area is 169 Å². The van der Waals surface area contributed by atoms with Crippen LogP contribution in [0.3, 0.4) is 0 Å². The van der Waals surface area contributed by atoms with Crippen LogP contribution in [0.5, 0.6) is 11.6 Å². The fraction of sp³-hybridized carbons (Fsp3) is 0.333. The maximum Gasteiger partial charge on any atom is 0.277 e. The maximum absolute atomic E-state index is 12.5. The number of pyridine rings is 1. The number of benzene rings is 1. The minimum Gasteiger partial charge on any atom is -0.439 e. The molecular weight excluding hydrogens is 368 g/mol. The predicted octanol–water partition coefficient (Wildman–Crippen LogP) is 3.11. The number of anilines is 1. The third kappa shape index (κ3) is 4.12. The van der Waals surface area contributed by atoms with Gasteiger partial charge in [0.25, 0.3) is 5.91 Å². The number of nitrogens with zero attached hydrogens (tertiary/aromatic N) is 4. The summed E-state index contributed by atoms with van der Waals surface area (Å²) in [7, 11) is 0. The third-order valence-corrected chi connectivity index (χ3v) is 5.32. The van der Waals surface area contributed by atoms with Crippen LogP contribution < -0.4 is 15.4 Å². The summed E-state index contributed by atoms with van der Waals surface area (Å²) in [4.78, 5) is 16.8. The van der Waals surface area contributed by atoms with Gasteiger partial charge in [0.1, 0.15) is 5.75 Å². The van der Waals surface area contributed by atoms with Crippen molar-refractivity contribution in [1.82, 2.24) is 25.3 Å². The zero-order valence-corrected chi connectivity index (χ0v) is 16.7. The molecule has 1 aliphatic heterocycles. The summed E-state index contributed by atoms with van der Waals surface area (Å²) in [5.74, 6) is 1.35. The molecule has 2 N–H and O–H groups in total. The second-order valence-corrected chi connectivity index (χ2v) is 7.43. The van der Waals surface area contributed by atoms with Gasteiger partial charge in [-0.3, -0.25) is 4.79 Å². The van der Waals surface area contributed by atoms with Crippen LogP contribution in [-0.2, 0) is 0 Å². The van der Waals surface area contributed by atoms with E-state index in [4.69, 9.17) is 4.74 Å². The average molecular weight is 392 g/mol. The van der Waals surface area contributed by atoms with Crippen LogP contribution in [0.25, 0.3) is 0 Å². The normalized spacial score (nSPS) is 18.6. The van der Waals surface area contributed by atoms with Crippen LogP contribution in [-0.4, -0.2) is 39.0 Å². The average Bonchev–Trinajstić information content (AvgIpc) is 3.36. The zero-order valence-electron chi connectivity index (χ0n) is 16.7. The molecule has 4 rings (SSSR count). The van der Waals surface area contributed by atoms with E-state index in [-0.39, 0.29) is 17.6 Å². The number of hydrogen-bond acceptors (Lipinski definition) is 6. The van der Waals surface area contributed by atoms with Gasteiger partial charge in [-0.05, 0) is 49.6 Å². The van der Waals surface area contributed by atoms with E-state index in [1.54, 1.807) is 29.2 Å². The number of ether oxygens (including phenoxy) is 1. The summed E-state index contributed by atoms with van der Waals surface area (Å²) in [6.07, 6.45) is 3.25. The molecule has 0 unspecified atom stereocenters. The van der Waals surface area contributed by atoms with Crippen molar-refractivity contribution in [1.29, 1.82) is 0 Å². The number of nitrogens with one attached hydrogen (secondary N) is 2. The van der Waals surface area contributed by atoms with Crippen molar-refractivity contribution < 1.29 is 9.53 Å². The van der Waals surface area contributed by atoms with Gasteiger partial charge in [0, 0.05) is 12.6 Å². The molecule has 0 bridgehead atoms. The van der Waals surface area contributed by atoms with Gasteiger partial charge in [-0.25, -0.2) is 9.67 Å². The van der Waals surface area contributed by atoms with Crippen LogP contribution in [0.2, 0.25) is 0 Å². The molecule has 2 aromatic heterocycles. The summed E-state index contributed by atoms with van der Waals surface area (Å²) in [5, 5.41) is 14.2. The summed E-state index contributed by atoms with van der Waals surface area (Å²) in [6.45, 7) is 7.97. The van der Waals surface area contributed by atoms with E-state index < -0.39 is 0 Å². The molecule has 150 valence electrons. The van der Waals surface area contributed by atoms with E-state index in [0.29, 0.717) is 17.5 Å². The first-order chi connectivity index (χ1) is 14.0. The molecule has 2 atom stereocenters. The first kappa shape index (κ1) is 19.1. The van der Waals surface area contributed by atoms with E-state index in [2.05, 4.69) is 32.9 Å². The quantitative estimate of drug-likeness (QED) is 0.693. The number of amides is 1. The fourth-order valence-electron chi connectivity index (χ4n) is 3.35. The van der Waals surface area contributed by atoms with Gasteiger partial charge in [-0.15, -0.1) is 5.10 Å². The largest absolute Gasteiger partial charge is 0.439 e. The lowest BCUT2D eigenvalue weighted by Gasteiger charge is -2.12. The summed E-state index contributed by atoms with van der Waals surface area (Å²) in [6, 6.07) is 9.57. The minimum absolute atomic E-state index is 0.215. The number of carbonyl (C=O) groups excluding carboxylic acids is 1. The highest BCUT2D eigenvalue weighted by Gasteiger charge is 2.26. The number of carbonyl (C=O) groups is 1. The molecule has 8 nitrogen and oxygen atoms in total. The monoisotopic (exact) mass is 392 g/mol. The Balaban J connectivity index is 1.40. The molecular formula is C21H24N6O2. The maximum atomic E-state index is 12.5. The number of rotatable bonds is 5. The molecule has 1 amide bonds. The van der Waals surface area contributed by atoms with Gasteiger partial charge in [-0.1, -0.05) is 24.3 Å². The Morgan fingerprint density at radius 3 is 2.83 bits per heavy atom. The highest BCUT2D eigenvalue weighted by Crippen LogP contribution is 2.26. The van der Waals surface area contributed by atoms with Crippen molar-refractivity contribution in [2.45, 2.75) is 26.8 Å². The van der Waals surface area contributed by atoms with Crippen LogP contribution >= 0.6 is 0 Å². The lowest BCUT2D eigenvalue weighted by Crippen LogP contribution is -2.17. The molecule has 29 heavy (non-hydrogen) atoms. The first-order valence-corrected chi connectivity index (χ1v) is 9.65. The predicted molar refractivity (Wildman–Crippen MR) is 109 cm³/mol. The molecule has 0 aliphatic carbocycles. The Morgan fingerprint density at radius 2 is 2.10 bits per heavy atom. The van der Waals surface area contributed by atoms with Crippen molar-refractivity contribution in [3.8, 4) is 11.6 Å². The van der Waals surface area contributed by atoms with E-state index in [0.717, 1.165) is 30.0 Å². The van der Waals surface area contributed by atoms with Crippen LogP contribution in [0.1, 0.15) is 34.6 Å². The molecule has 1 aromatic carbocycles. The summed E-state index contributed by atoms with van der Waals surface area (Å²) in [5.41, 5.74) is 3.07. The molecule has 8 heteroatoms.